The summed E-state index contributed by atoms with van der Waals surface area (Å²) in [5, 5.41) is 7.91. The van der Waals surface area contributed by atoms with Crippen molar-refractivity contribution in [2.45, 2.75) is 13.2 Å². The van der Waals surface area contributed by atoms with Gasteiger partial charge >= 0.3 is 0 Å². The number of ether oxygens (including phenoxy) is 1. The van der Waals surface area contributed by atoms with Gasteiger partial charge in [-0.25, -0.2) is 0 Å². The van der Waals surface area contributed by atoms with E-state index >= 15 is 0 Å². The number of benzene rings is 3. The first-order valence-electron chi connectivity index (χ1n) is 11.0. The highest BCUT2D eigenvalue weighted by Crippen LogP contribution is 2.23. The molecule has 0 fully saturated rings. The van der Waals surface area contributed by atoms with Crippen LogP contribution in [0.15, 0.2) is 102 Å². The van der Waals surface area contributed by atoms with Crippen LogP contribution in [-0.2, 0) is 13.2 Å². The van der Waals surface area contributed by atoms with Crippen molar-refractivity contribution in [3.63, 3.8) is 0 Å². The van der Waals surface area contributed by atoms with E-state index in [1.807, 2.05) is 54.6 Å². The lowest BCUT2D eigenvalue weighted by atomic mass is 10.2. The van der Waals surface area contributed by atoms with Crippen LogP contribution in [0, 0.1) is 0 Å². The molecule has 8 heteroatoms. The average molecular weight is 485 g/mol. The maximum Gasteiger partial charge on any atom is 0.282 e. The van der Waals surface area contributed by atoms with Crippen LogP contribution in [0.25, 0.3) is 11.6 Å². The highest BCUT2D eigenvalue weighted by atomic mass is 35.5. The van der Waals surface area contributed by atoms with Crippen molar-refractivity contribution >= 4 is 23.5 Å². The second kappa shape index (κ2) is 10.3. The van der Waals surface area contributed by atoms with Crippen LogP contribution < -0.4 is 10.1 Å². The summed E-state index contributed by atoms with van der Waals surface area (Å²) in [4.78, 5) is 17.7. The summed E-state index contributed by atoms with van der Waals surface area (Å²) in [5.74, 6) is 1.41. The number of hydrogen-bond acceptors (Lipinski definition) is 6. The minimum atomic E-state index is -0.395. The monoisotopic (exact) mass is 484 g/mol. The van der Waals surface area contributed by atoms with Gasteiger partial charge in [0.25, 0.3) is 5.91 Å². The van der Waals surface area contributed by atoms with E-state index in [-0.39, 0.29) is 5.95 Å². The third-order valence-electron chi connectivity index (χ3n) is 5.27. The number of rotatable bonds is 8. The Morgan fingerprint density at radius 1 is 0.914 bits per heavy atom. The van der Waals surface area contributed by atoms with Gasteiger partial charge in [-0.05, 0) is 47.5 Å². The Balaban J connectivity index is 1.32. The maximum absolute atomic E-state index is 13.2. The van der Waals surface area contributed by atoms with Crippen LogP contribution in [0.2, 0.25) is 5.02 Å². The van der Waals surface area contributed by atoms with Gasteiger partial charge in [-0.1, -0.05) is 66.2 Å². The molecule has 0 saturated heterocycles. The number of aromatic nitrogens is 3. The topological polar surface area (TPSA) is 82.2 Å². The fourth-order valence-corrected chi connectivity index (χ4v) is 3.67. The lowest BCUT2D eigenvalue weighted by Crippen LogP contribution is -2.18. The lowest BCUT2D eigenvalue weighted by Gasteiger charge is -2.10. The first-order chi connectivity index (χ1) is 17.2. The zero-order valence-corrected chi connectivity index (χ0v) is 19.4. The number of anilines is 1. The quantitative estimate of drug-likeness (QED) is 0.288. The molecule has 0 aliphatic carbocycles. The molecule has 5 rings (SSSR count). The number of carbonyl (C=O) groups is 1. The predicted octanol–water partition coefficient (Wildman–Crippen LogP) is 6.07. The predicted molar refractivity (Wildman–Crippen MR) is 133 cm³/mol. The molecular formula is C27H21ClN4O3. The fraction of sp³-hybridized carbons (Fsp3) is 0.0741. The number of nitrogens with zero attached hydrogens (tertiary/aromatic N) is 3. The molecule has 0 amide bonds. The van der Waals surface area contributed by atoms with Gasteiger partial charge in [0.1, 0.15) is 12.4 Å². The van der Waals surface area contributed by atoms with E-state index in [1.54, 1.807) is 36.4 Å². The van der Waals surface area contributed by atoms with Crippen molar-refractivity contribution in [1.29, 1.82) is 0 Å². The smallest absolute Gasteiger partial charge is 0.282 e. The molecule has 0 aliphatic rings. The Kier molecular flexibility index (Phi) is 6.59. The average Bonchev–Trinajstić information content (AvgIpc) is 3.58. The number of furan rings is 1. The van der Waals surface area contributed by atoms with E-state index in [0.29, 0.717) is 35.3 Å². The van der Waals surface area contributed by atoms with Gasteiger partial charge in [0, 0.05) is 6.54 Å². The van der Waals surface area contributed by atoms with Crippen LogP contribution in [0.3, 0.4) is 0 Å². The van der Waals surface area contributed by atoms with E-state index < -0.39 is 5.91 Å². The normalized spacial score (nSPS) is 10.8. The highest BCUT2D eigenvalue weighted by Gasteiger charge is 2.21. The van der Waals surface area contributed by atoms with Gasteiger partial charge in [-0.15, -0.1) is 5.10 Å². The zero-order valence-electron chi connectivity index (χ0n) is 18.6. The Morgan fingerprint density at radius 3 is 2.43 bits per heavy atom. The molecule has 0 bridgehead atoms. The van der Waals surface area contributed by atoms with Gasteiger partial charge in [0.05, 0.1) is 16.8 Å². The molecule has 7 nitrogen and oxygen atoms in total. The van der Waals surface area contributed by atoms with Crippen LogP contribution in [0.4, 0.5) is 5.95 Å². The largest absolute Gasteiger partial charge is 0.489 e. The fourth-order valence-electron chi connectivity index (χ4n) is 3.45. The van der Waals surface area contributed by atoms with E-state index in [1.165, 1.54) is 10.9 Å². The van der Waals surface area contributed by atoms with Crippen LogP contribution in [0.1, 0.15) is 21.5 Å². The van der Waals surface area contributed by atoms with Crippen molar-refractivity contribution in [3.8, 4) is 17.3 Å². The van der Waals surface area contributed by atoms with E-state index in [9.17, 15) is 4.79 Å². The molecule has 5 aromatic rings. The molecule has 0 radical (unpaired) electrons. The lowest BCUT2D eigenvalue weighted by molar-refractivity contribution is 0.0947. The summed E-state index contributed by atoms with van der Waals surface area (Å²) in [6.07, 6.45) is 1.53. The number of carbonyl (C=O) groups excluding carboxylic acids is 1. The highest BCUT2D eigenvalue weighted by molar-refractivity contribution is 6.33. The third-order valence-corrected chi connectivity index (χ3v) is 5.60. The van der Waals surface area contributed by atoms with Crippen molar-refractivity contribution in [3.05, 3.63) is 119 Å². The molecule has 174 valence electrons. The summed E-state index contributed by atoms with van der Waals surface area (Å²) >= 11 is 6.25. The zero-order chi connectivity index (χ0) is 24.0. The van der Waals surface area contributed by atoms with Crippen molar-refractivity contribution < 1.29 is 13.9 Å². The second-order valence-electron chi connectivity index (χ2n) is 7.70. The van der Waals surface area contributed by atoms with E-state index in [2.05, 4.69) is 15.4 Å². The van der Waals surface area contributed by atoms with Crippen LogP contribution in [0.5, 0.6) is 5.75 Å². The van der Waals surface area contributed by atoms with Crippen molar-refractivity contribution in [2.24, 2.45) is 0 Å². The second-order valence-corrected chi connectivity index (χ2v) is 8.11. The summed E-state index contributed by atoms with van der Waals surface area (Å²) in [7, 11) is 0. The molecule has 1 N–H and O–H groups in total. The summed E-state index contributed by atoms with van der Waals surface area (Å²) in [6.45, 7) is 0.923. The Bertz CT molecular complexity index is 1410. The van der Waals surface area contributed by atoms with Crippen LogP contribution in [-0.4, -0.2) is 20.7 Å². The molecular weight excluding hydrogens is 464 g/mol. The summed E-state index contributed by atoms with van der Waals surface area (Å²) < 4.78 is 12.5. The first-order valence-corrected chi connectivity index (χ1v) is 11.3. The van der Waals surface area contributed by atoms with Crippen molar-refractivity contribution in [2.75, 3.05) is 5.32 Å². The first kappa shape index (κ1) is 22.4. The van der Waals surface area contributed by atoms with Gasteiger partial charge < -0.3 is 14.5 Å². The SMILES string of the molecule is O=C(c1ccccc1Cl)n1nc(-c2ccco2)nc1NCc1ccc(OCc2ccccc2)cc1. The Labute approximate surface area is 207 Å². The Morgan fingerprint density at radius 2 is 1.69 bits per heavy atom. The van der Waals surface area contributed by atoms with Crippen LogP contribution >= 0.6 is 11.6 Å². The number of hydrogen-bond donors (Lipinski definition) is 1. The standard InChI is InChI=1S/C27H21ClN4O3/c28-23-10-5-4-9-22(23)26(33)32-27(30-25(31-32)24-11-6-16-34-24)29-17-19-12-14-21(15-13-19)35-18-20-7-2-1-3-8-20/h1-16H,17-18H2,(H,29,30,31). The summed E-state index contributed by atoms with van der Waals surface area (Å²) in [5.41, 5.74) is 2.41. The van der Waals surface area contributed by atoms with E-state index in [4.69, 9.17) is 20.8 Å². The minimum Gasteiger partial charge on any atom is -0.489 e. The molecule has 2 heterocycles. The van der Waals surface area contributed by atoms with Gasteiger partial charge in [-0.3, -0.25) is 4.79 Å². The molecule has 0 spiro atoms. The molecule has 0 unspecified atom stereocenters. The van der Waals surface area contributed by atoms with E-state index in [0.717, 1.165) is 16.9 Å². The maximum atomic E-state index is 13.2. The minimum absolute atomic E-state index is 0.283. The molecule has 0 saturated carbocycles. The molecule has 2 aromatic heterocycles. The third kappa shape index (κ3) is 5.26. The van der Waals surface area contributed by atoms with Gasteiger partial charge in [0.2, 0.25) is 11.8 Å². The summed E-state index contributed by atoms with van der Waals surface area (Å²) in [6, 6.07) is 28.0. The molecule has 0 aliphatic heterocycles. The van der Waals surface area contributed by atoms with Crippen molar-refractivity contribution in [1.82, 2.24) is 14.8 Å². The van der Waals surface area contributed by atoms with Gasteiger partial charge in [0.15, 0.2) is 5.76 Å². The molecule has 0 atom stereocenters. The Hall–Kier alpha value is -4.36. The molecule has 35 heavy (non-hydrogen) atoms. The molecule has 3 aromatic carbocycles. The number of nitrogens with one attached hydrogen (secondary N) is 1. The van der Waals surface area contributed by atoms with Gasteiger partial charge in [-0.2, -0.15) is 9.67 Å². The number of halogens is 1.